The van der Waals surface area contributed by atoms with Crippen molar-refractivity contribution in [1.29, 1.82) is 0 Å². The molecule has 2 heterocycles. The van der Waals surface area contributed by atoms with Gasteiger partial charge in [0.1, 0.15) is 0 Å². The number of rotatable bonds is 4. The molecule has 0 spiro atoms. The Balaban J connectivity index is 1.76. The van der Waals surface area contributed by atoms with E-state index in [-0.39, 0.29) is 16.9 Å². The molecule has 22 heavy (non-hydrogen) atoms. The molecule has 0 unspecified atom stereocenters. The van der Waals surface area contributed by atoms with E-state index >= 15 is 0 Å². The summed E-state index contributed by atoms with van der Waals surface area (Å²) in [4.78, 5) is 16.4. The van der Waals surface area contributed by atoms with E-state index in [1.54, 1.807) is 24.1 Å². The van der Waals surface area contributed by atoms with Gasteiger partial charge < -0.3 is 14.2 Å². The SMILES string of the molecule is CN(Cc1ccccc1N1CCCC1)C(=O)c1ccc(Cl)o1. The molecule has 5 heteroatoms. The van der Waals surface area contributed by atoms with Crippen LogP contribution in [0, 0.1) is 0 Å². The van der Waals surface area contributed by atoms with Crippen molar-refractivity contribution < 1.29 is 9.21 Å². The monoisotopic (exact) mass is 318 g/mol. The van der Waals surface area contributed by atoms with Gasteiger partial charge in [-0.3, -0.25) is 4.79 Å². The summed E-state index contributed by atoms with van der Waals surface area (Å²) in [6.07, 6.45) is 2.46. The standard InChI is InChI=1S/C17H19ClN2O2/c1-19(17(21)15-8-9-16(18)22-15)12-13-6-2-3-7-14(13)20-10-4-5-11-20/h2-3,6-9H,4-5,10-12H2,1H3. The summed E-state index contributed by atoms with van der Waals surface area (Å²) >= 11 is 5.74. The summed E-state index contributed by atoms with van der Waals surface area (Å²) in [7, 11) is 1.78. The fourth-order valence-corrected chi connectivity index (χ4v) is 3.00. The average molecular weight is 319 g/mol. The van der Waals surface area contributed by atoms with Gasteiger partial charge in [-0.2, -0.15) is 0 Å². The maximum Gasteiger partial charge on any atom is 0.289 e. The molecule has 0 aliphatic carbocycles. The molecule has 1 saturated heterocycles. The summed E-state index contributed by atoms with van der Waals surface area (Å²) in [6, 6.07) is 11.5. The summed E-state index contributed by atoms with van der Waals surface area (Å²) < 4.78 is 5.20. The highest BCUT2D eigenvalue weighted by Gasteiger charge is 2.19. The fraction of sp³-hybridized carbons (Fsp3) is 0.353. The Kier molecular flexibility index (Phi) is 4.39. The number of amides is 1. The van der Waals surface area contributed by atoms with E-state index in [1.165, 1.54) is 18.5 Å². The molecule has 116 valence electrons. The minimum absolute atomic E-state index is 0.164. The first-order valence-electron chi connectivity index (χ1n) is 7.49. The lowest BCUT2D eigenvalue weighted by Gasteiger charge is -2.24. The molecule has 0 saturated carbocycles. The lowest BCUT2D eigenvalue weighted by atomic mass is 10.1. The van der Waals surface area contributed by atoms with Crippen molar-refractivity contribution in [2.45, 2.75) is 19.4 Å². The topological polar surface area (TPSA) is 36.7 Å². The van der Waals surface area contributed by atoms with Gasteiger partial charge in [0, 0.05) is 32.4 Å². The number of furan rings is 1. The zero-order valence-electron chi connectivity index (χ0n) is 12.6. The maximum atomic E-state index is 12.4. The van der Waals surface area contributed by atoms with Gasteiger partial charge in [-0.15, -0.1) is 0 Å². The molecular formula is C17H19ClN2O2. The van der Waals surface area contributed by atoms with Crippen molar-refractivity contribution in [3.63, 3.8) is 0 Å². The number of carbonyl (C=O) groups excluding carboxylic acids is 1. The van der Waals surface area contributed by atoms with E-state index in [4.69, 9.17) is 16.0 Å². The van der Waals surface area contributed by atoms with Crippen LogP contribution in [0.5, 0.6) is 0 Å². The van der Waals surface area contributed by atoms with Crippen molar-refractivity contribution in [3.05, 3.63) is 52.9 Å². The summed E-state index contributed by atoms with van der Waals surface area (Å²) in [5.74, 6) is 0.106. The quantitative estimate of drug-likeness (QED) is 0.860. The normalized spacial score (nSPS) is 14.4. The van der Waals surface area contributed by atoms with Gasteiger partial charge in [-0.1, -0.05) is 18.2 Å². The van der Waals surface area contributed by atoms with Crippen molar-refractivity contribution in [2.75, 3.05) is 25.0 Å². The number of carbonyl (C=O) groups is 1. The molecule has 1 aliphatic rings. The van der Waals surface area contributed by atoms with Crippen molar-refractivity contribution >= 4 is 23.2 Å². The Morgan fingerprint density at radius 2 is 1.95 bits per heavy atom. The van der Waals surface area contributed by atoms with E-state index in [2.05, 4.69) is 17.0 Å². The molecular weight excluding hydrogens is 300 g/mol. The van der Waals surface area contributed by atoms with E-state index in [9.17, 15) is 4.79 Å². The number of hydrogen-bond acceptors (Lipinski definition) is 3. The van der Waals surface area contributed by atoms with Gasteiger partial charge in [0.05, 0.1) is 0 Å². The van der Waals surface area contributed by atoms with Crippen LogP contribution in [0.4, 0.5) is 5.69 Å². The highest BCUT2D eigenvalue weighted by Crippen LogP contribution is 2.26. The molecule has 1 amide bonds. The van der Waals surface area contributed by atoms with Crippen LogP contribution in [0.25, 0.3) is 0 Å². The second-order valence-corrected chi connectivity index (χ2v) is 5.96. The molecule has 1 aromatic carbocycles. The smallest absolute Gasteiger partial charge is 0.289 e. The minimum atomic E-state index is -0.164. The third kappa shape index (κ3) is 3.12. The highest BCUT2D eigenvalue weighted by molar-refractivity contribution is 6.29. The maximum absolute atomic E-state index is 12.4. The third-order valence-corrected chi connectivity index (χ3v) is 4.18. The van der Waals surface area contributed by atoms with Crippen molar-refractivity contribution in [2.24, 2.45) is 0 Å². The first-order valence-corrected chi connectivity index (χ1v) is 7.86. The van der Waals surface area contributed by atoms with E-state index in [1.807, 2.05) is 12.1 Å². The minimum Gasteiger partial charge on any atom is -0.440 e. The Bertz CT molecular complexity index is 662. The number of hydrogen-bond donors (Lipinski definition) is 0. The van der Waals surface area contributed by atoms with E-state index < -0.39 is 0 Å². The van der Waals surface area contributed by atoms with Gasteiger partial charge in [-0.05, 0) is 48.2 Å². The highest BCUT2D eigenvalue weighted by atomic mass is 35.5. The van der Waals surface area contributed by atoms with Gasteiger partial charge in [0.25, 0.3) is 5.91 Å². The first-order chi connectivity index (χ1) is 10.6. The largest absolute Gasteiger partial charge is 0.440 e. The zero-order chi connectivity index (χ0) is 15.5. The summed E-state index contributed by atoms with van der Waals surface area (Å²) in [6.45, 7) is 2.72. The van der Waals surface area contributed by atoms with Crippen LogP contribution in [-0.2, 0) is 6.54 Å². The molecule has 1 aromatic heterocycles. The fourth-order valence-electron chi connectivity index (χ4n) is 2.86. The van der Waals surface area contributed by atoms with Gasteiger partial charge in [0.2, 0.25) is 0 Å². The van der Waals surface area contributed by atoms with Crippen molar-refractivity contribution in [3.8, 4) is 0 Å². The van der Waals surface area contributed by atoms with Crippen LogP contribution >= 0.6 is 11.6 Å². The molecule has 2 aromatic rings. The number of anilines is 1. The van der Waals surface area contributed by atoms with Crippen LogP contribution in [0.15, 0.2) is 40.8 Å². The lowest BCUT2D eigenvalue weighted by molar-refractivity contribution is 0.0754. The zero-order valence-corrected chi connectivity index (χ0v) is 13.3. The molecule has 4 nitrogen and oxygen atoms in total. The number of halogens is 1. The summed E-state index contributed by atoms with van der Waals surface area (Å²) in [5.41, 5.74) is 2.37. The number of nitrogens with zero attached hydrogens (tertiary/aromatic N) is 2. The van der Waals surface area contributed by atoms with Crippen LogP contribution in [0.2, 0.25) is 5.22 Å². The Hall–Kier alpha value is -1.94. The molecule has 3 rings (SSSR count). The predicted molar refractivity (Wildman–Crippen MR) is 87.4 cm³/mol. The average Bonchev–Trinajstić information content (AvgIpc) is 3.18. The van der Waals surface area contributed by atoms with Crippen LogP contribution < -0.4 is 4.90 Å². The Morgan fingerprint density at radius 1 is 1.23 bits per heavy atom. The molecule has 1 aliphatic heterocycles. The van der Waals surface area contributed by atoms with Crippen LogP contribution in [-0.4, -0.2) is 30.9 Å². The van der Waals surface area contributed by atoms with Gasteiger partial charge in [0.15, 0.2) is 11.0 Å². The van der Waals surface area contributed by atoms with Crippen molar-refractivity contribution in [1.82, 2.24) is 4.90 Å². The van der Waals surface area contributed by atoms with Crippen LogP contribution in [0.1, 0.15) is 29.0 Å². The van der Waals surface area contributed by atoms with E-state index in [0.29, 0.717) is 6.54 Å². The second-order valence-electron chi connectivity index (χ2n) is 5.59. The Morgan fingerprint density at radius 3 is 2.64 bits per heavy atom. The number of para-hydroxylation sites is 1. The first kappa shape index (κ1) is 15.0. The van der Waals surface area contributed by atoms with E-state index in [0.717, 1.165) is 18.7 Å². The van der Waals surface area contributed by atoms with Gasteiger partial charge in [-0.25, -0.2) is 0 Å². The molecule has 0 atom stereocenters. The lowest BCUT2D eigenvalue weighted by Crippen LogP contribution is -2.27. The molecule has 0 N–H and O–H groups in total. The number of benzene rings is 1. The summed E-state index contributed by atoms with van der Waals surface area (Å²) in [5, 5.41) is 0.231. The second kappa shape index (κ2) is 6.44. The third-order valence-electron chi connectivity index (χ3n) is 3.98. The molecule has 0 radical (unpaired) electrons. The Labute approximate surface area is 135 Å². The molecule has 0 bridgehead atoms. The van der Waals surface area contributed by atoms with Gasteiger partial charge >= 0.3 is 0 Å². The predicted octanol–water partition coefficient (Wildman–Crippen LogP) is 3.81. The van der Waals surface area contributed by atoms with Crippen LogP contribution in [0.3, 0.4) is 0 Å². The molecule has 1 fully saturated rings.